The first-order chi connectivity index (χ1) is 18.8. The van der Waals surface area contributed by atoms with Crippen LogP contribution < -0.4 is 5.32 Å². The average molecular weight is 494 g/mol. The third-order valence-electron chi connectivity index (χ3n) is 6.88. The average Bonchev–Trinajstić information content (AvgIpc) is 3.00. The molecule has 0 heterocycles. The van der Waals surface area contributed by atoms with Gasteiger partial charge in [0.15, 0.2) is 5.78 Å². The maximum Gasteiger partial charge on any atom is 0.172 e. The van der Waals surface area contributed by atoms with Crippen LogP contribution in [0.15, 0.2) is 158 Å². The van der Waals surface area contributed by atoms with Crippen molar-refractivity contribution in [3.8, 4) is 0 Å². The van der Waals surface area contributed by atoms with E-state index in [2.05, 4.69) is 90.2 Å². The molecule has 38 heavy (non-hydrogen) atoms. The van der Waals surface area contributed by atoms with Crippen molar-refractivity contribution in [1.82, 2.24) is 5.32 Å². The molecule has 0 saturated carbocycles. The predicted octanol–water partition coefficient (Wildman–Crippen LogP) is 7.46. The molecule has 0 saturated heterocycles. The van der Waals surface area contributed by atoms with Crippen molar-refractivity contribution in [2.24, 2.45) is 0 Å². The number of carbonyl (C=O) groups is 1. The molecule has 0 radical (unpaired) electrons. The summed E-state index contributed by atoms with van der Waals surface area (Å²) in [5.74, 6) is 0.0323. The summed E-state index contributed by atoms with van der Waals surface area (Å²) < 4.78 is 0. The summed E-state index contributed by atoms with van der Waals surface area (Å²) in [6, 6.07) is 50.9. The van der Waals surface area contributed by atoms with Crippen LogP contribution in [0.5, 0.6) is 0 Å². The lowest BCUT2D eigenvalue weighted by Gasteiger charge is -2.39. The molecule has 1 N–H and O–H groups in total. The quantitative estimate of drug-likeness (QED) is 0.162. The molecule has 5 aromatic carbocycles. The first-order valence-electron chi connectivity index (χ1n) is 13.0. The molecule has 0 aliphatic heterocycles. The fraction of sp³-hybridized carbons (Fsp3) is 0.0833. The number of rotatable bonds is 10. The van der Waals surface area contributed by atoms with Crippen molar-refractivity contribution < 1.29 is 4.79 Å². The van der Waals surface area contributed by atoms with E-state index in [1.807, 2.05) is 72.8 Å². The summed E-state index contributed by atoms with van der Waals surface area (Å²) in [6.07, 6.45) is 4.17. The summed E-state index contributed by atoms with van der Waals surface area (Å²) >= 11 is 0. The van der Waals surface area contributed by atoms with Gasteiger partial charge in [-0.1, -0.05) is 158 Å². The number of ketones is 1. The van der Waals surface area contributed by atoms with Gasteiger partial charge in [-0.25, -0.2) is 0 Å². The Morgan fingerprint density at radius 2 is 0.974 bits per heavy atom. The minimum atomic E-state index is -0.737. The van der Waals surface area contributed by atoms with Crippen LogP contribution in [-0.4, -0.2) is 11.8 Å². The van der Waals surface area contributed by atoms with E-state index in [-0.39, 0.29) is 5.78 Å². The molecule has 0 unspecified atom stereocenters. The van der Waals surface area contributed by atoms with Gasteiger partial charge < -0.3 is 0 Å². The normalized spacial score (nSPS) is 12.3. The van der Waals surface area contributed by atoms with Crippen molar-refractivity contribution in [2.75, 3.05) is 0 Å². The van der Waals surface area contributed by atoms with Gasteiger partial charge in [-0.3, -0.25) is 10.1 Å². The number of carbonyl (C=O) groups excluding carboxylic acids is 1. The van der Waals surface area contributed by atoms with Gasteiger partial charge in [-0.05, 0) is 40.3 Å². The molecule has 2 heteroatoms. The smallest absolute Gasteiger partial charge is 0.172 e. The van der Waals surface area contributed by atoms with Crippen LogP contribution in [0, 0.1) is 0 Å². The van der Waals surface area contributed by atoms with Crippen LogP contribution in [0.4, 0.5) is 0 Å². The molecule has 0 bridgehead atoms. The van der Waals surface area contributed by atoms with Crippen LogP contribution in [0.1, 0.15) is 27.8 Å². The second kappa shape index (κ2) is 12.1. The minimum absolute atomic E-state index is 0.0323. The first-order valence-corrected chi connectivity index (χ1v) is 13.0. The molecule has 5 rings (SSSR count). The Morgan fingerprint density at radius 3 is 1.42 bits per heavy atom. The maximum atomic E-state index is 13.9. The highest BCUT2D eigenvalue weighted by atomic mass is 16.1. The predicted molar refractivity (Wildman–Crippen MR) is 157 cm³/mol. The Hall–Kier alpha value is -4.53. The lowest BCUT2D eigenvalue weighted by Crippen LogP contribution is -2.53. The first kappa shape index (κ1) is 25.1. The molecular weight excluding hydrogens is 462 g/mol. The van der Waals surface area contributed by atoms with Gasteiger partial charge in [-0.2, -0.15) is 0 Å². The zero-order valence-electron chi connectivity index (χ0n) is 21.3. The van der Waals surface area contributed by atoms with Gasteiger partial charge in [0.05, 0.1) is 11.6 Å². The summed E-state index contributed by atoms with van der Waals surface area (Å²) in [6.45, 7) is 0. The molecule has 0 amide bonds. The highest BCUT2D eigenvalue weighted by molar-refractivity contribution is 5.98. The Kier molecular flexibility index (Phi) is 8.03. The summed E-state index contributed by atoms with van der Waals surface area (Å²) in [5.41, 5.74) is 4.61. The van der Waals surface area contributed by atoms with E-state index < -0.39 is 11.6 Å². The molecule has 5 aromatic rings. The van der Waals surface area contributed by atoms with Crippen molar-refractivity contribution in [3.05, 3.63) is 186 Å². The zero-order chi connectivity index (χ0) is 26.0. The van der Waals surface area contributed by atoms with Crippen LogP contribution >= 0.6 is 0 Å². The van der Waals surface area contributed by atoms with Crippen molar-refractivity contribution in [3.63, 3.8) is 0 Å². The Balaban J connectivity index is 1.64. The highest BCUT2D eigenvalue weighted by Gasteiger charge is 2.39. The van der Waals surface area contributed by atoms with Gasteiger partial charge in [0.25, 0.3) is 0 Å². The van der Waals surface area contributed by atoms with Crippen molar-refractivity contribution >= 4 is 11.9 Å². The summed E-state index contributed by atoms with van der Waals surface area (Å²) in [4.78, 5) is 13.9. The maximum absolute atomic E-state index is 13.9. The fourth-order valence-corrected chi connectivity index (χ4v) is 5.01. The number of hydrogen-bond donors (Lipinski definition) is 1. The molecule has 186 valence electrons. The van der Waals surface area contributed by atoms with Crippen molar-refractivity contribution in [1.29, 1.82) is 0 Å². The van der Waals surface area contributed by atoms with Crippen LogP contribution in [0.3, 0.4) is 0 Å². The highest BCUT2D eigenvalue weighted by Crippen LogP contribution is 2.37. The molecule has 0 spiro atoms. The van der Waals surface area contributed by atoms with Gasteiger partial charge in [0.1, 0.15) is 0 Å². The largest absolute Gasteiger partial charge is 0.293 e. The van der Waals surface area contributed by atoms with E-state index >= 15 is 0 Å². The summed E-state index contributed by atoms with van der Waals surface area (Å²) in [7, 11) is 0. The van der Waals surface area contributed by atoms with Gasteiger partial charge in [0, 0.05) is 0 Å². The SMILES string of the molecule is O=C(/C=C/c1ccccc1)[C@H](Cc1ccccc1)NC(c1ccccc1)(c1ccccc1)c1ccccc1. The topological polar surface area (TPSA) is 29.1 Å². The monoisotopic (exact) mass is 493 g/mol. The fourth-order valence-electron chi connectivity index (χ4n) is 5.01. The third kappa shape index (κ3) is 5.72. The third-order valence-corrected chi connectivity index (χ3v) is 6.88. The standard InChI is InChI=1S/C36H31NO/c38-35(27-26-29-16-6-1-7-17-29)34(28-30-18-8-2-9-19-30)37-36(31-20-10-3-11-21-31,32-22-12-4-13-23-32)33-24-14-5-15-25-33/h1-27,34,37H,28H2/b27-26+/t34-/m0/s1. The van der Waals surface area contributed by atoms with Crippen LogP contribution in [0.25, 0.3) is 6.08 Å². The second-order valence-corrected chi connectivity index (χ2v) is 9.38. The molecule has 0 aromatic heterocycles. The van der Waals surface area contributed by atoms with Crippen molar-refractivity contribution in [2.45, 2.75) is 18.0 Å². The minimum Gasteiger partial charge on any atom is -0.293 e. The molecule has 1 atom stereocenters. The number of nitrogens with one attached hydrogen (secondary N) is 1. The van der Waals surface area contributed by atoms with E-state index in [1.165, 1.54) is 0 Å². The molecule has 0 fully saturated rings. The Labute approximate surface area is 225 Å². The Morgan fingerprint density at radius 1 is 0.579 bits per heavy atom. The molecule has 0 aliphatic carbocycles. The molecular formula is C36H31NO. The summed E-state index contributed by atoms with van der Waals surface area (Å²) in [5, 5.41) is 3.90. The number of benzene rings is 5. The second-order valence-electron chi connectivity index (χ2n) is 9.38. The van der Waals surface area contributed by atoms with Gasteiger partial charge in [-0.15, -0.1) is 0 Å². The van der Waals surface area contributed by atoms with Crippen LogP contribution in [-0.2, 0) is 16.8 Å². The van der Waals surface area contributed by atoms with E-state index in [4.69, 9.17) is 0 Å². The van der Waals surface area contributed by atoms with E-state index in [0.717, 1.165) is 27.8 Å². The Bertz CT molecular complexity index is 1350. The van der Waals surface area contributed by atoms with E-state index in [9.17, 15) is 4.79 Å². The van der Waals surface area contributed by atoms with Gasteiger partial charge >= 0.3 is 0 Å². The zero-order valence-corrected chi connectivity index (χ0v) is 21.3. The van der Waals surface area contributed by atoms with Gasteiger partial charge in [0.2, 0.25) is 0 Å². The lowest BCUT2D eigenvalue weighted by molar-refractivity contribution is -0.116. The van der Waals surface area contributed by atoms with E-state index in [0.29, 0.717) is 6.42 Å². The van der Waals surface area contributed by atoms with E-state index in [1.54, 1.807) is 6.08 Å². The number of hydrogen-bond acceptors (Lipinski definition) is 2. The molecule has 2 nitrogen and oxygen atoms in total. The lowest BCUT2D eigenvalue weighted by atomic mass is 9.76. The molecule has 0 aliphatic rings. The van der Waals surface area contributed by atoms with Crippen LogP contribution in [0.2, 0.25) is 0 Å².